The van der Waals surface area contributed by atoms with Crippen LogP contribution in [0.1, 0.15) is 25.8 Å². The Balaban J connectivity index is 2.15. The maximum Gasteiger partial charge on any atom is 0.328 e. The molecule has 0 aliphatic carbocycles. The molecule has 1 N–H and O–H groups in total. The van der Waals surface area contributed by atoms with Gasteiger partial charge in [-0.2, -0.15) is 0 Å². The molecule has 0 bridgehead atoms. The van der Waals surface area contributed by atoms with Crippen molar-refractivity contribution in [2.24, 2.45) is 5.92 Å². The molecule has 0 spiro atoms. The van der Waals surface area contributed by atoms with Crippen LogP contribution in [0.3, 0.4) is 0 Å². The first-order valence-electron chi connectivity index (χ1n) is 7.84. The van der Waals surface area contributed by atoms with Crippen LogP contribution in [-0.4, -0.2) is 25.0 Å². The molecule has 2 aromatic rings. The zero-order valence-corrected chi connectivity index (χ0v) is 13.8. The summed E-state index contributed by atoms with van der Waals surface area (Å²) in [6, 6.07) is 13.4. The molecule has 0 unspecified atom stereocenters. The Morgan fingerprint density at radius 3 is 2.43 bits per heavy atom. The van der Waals surface area contributed by atoms with Gasteiger partial charge in [-0.05, 0) is 22.3 Å². The van der Waals surface area contributed by atoms with Gasteiger partial charge in [0.2, 0.25) is 5.91 Å². The van der Waals surface area contributed by atoms with Crippen LogP contribution in [0.5, 0.6) is 0 Å². The molecule has 0 saturated carbocycles. The lowest BCUT2D eigenvalue weighted by molar-refractivity contribution is -0.145. The predicted molar refractivity (Wildman–Crippen MR) is 91.1 cm³/mol. The molecular formula is C19H23NO3. The largest absolute Gasteiger partial charge is 0.467 e. The van der Waals surface area contributed by atoms with E-state index in [1.807, 2.05) is 56.3 Å². The number of carbonyl (C=O) groups is 2. The van der Waals surface area contributed by atoms with Crippen molar-refractivity contribution in [1.82, 2.24) is 5.32 Å². The highest BCUT2D eigenvalue weighted by molar-refractivity contribution is 5.86. The highest BCUT2D eigenvalue weighted by atomic mass is 16.5. The van der Waals surface area contributed by atoms with E-state index in [9.17, 15) is 9.59 Å². The molecule has 4 nitrogen and oxygen atoms in total. The normalized spacial score (nSPS) is 12.2. The van der Waals surface area contributed by atoms with Crippen LogP contribution in [-0.2, 0) is 20.7 Å². The van der Waals surface area contributed by atoms with Crippen molar-refractivity contribution in [3.05, 3.63) is 48.0 Å². The zero-order chi connectivity index (χ0) is 16.8. The Kier molecular flexibility index (Phi) is 5.74. The smallest absolute Gasteiger partial charge is 0.328 e. The summed E-state index contributed by atoms with van der Waals surface area (Å²) in [5, 5.41) is 5.04. The van der Waals surface area contributed by atoms with E-state index < -0.39 is 12.0 Å². The van der Waals surface area contributed by atoms with E-state index >= 15 is 0 Å². The van der Waals surface area contributed by atoms with Gasteiger partial charge in [0.15, 0.2) is 0 Å². The quantitative estimate of drug-likeness (QED) is 0.834. The molecular weight excluding hydrogens is 290 g/mol. The van der Waals surface area contributed by atoms with Crippen LogP contribution in [0, 0.1) is 5.92 Å². The summed E-state index contributed by atoms with van der Waals surface area (Å²) in [5.74, 6) is -0.305. The van der Waals surface area contributed by atoms with Crippen molar-refractivity contribution in [1.29, 1.82) is 0 Å². The summed E-state index contributed by atoms with van der Waals surface area (Å²) < 4.78 is 4.82. The molecule has 0 fully saturated rings. The average molecular weight is 313 g/mol. The number of benzene rings is 2. The van der Waals surface area contributed by atoms with Crippen molar-refractivity contribution >= 4 is 22.6 Å². The van der Waals surface area contributed by atoms with Crippen LogP contribution in [0.25, 0.3) is 10.8 Å². The summed E-state index contributed by atoms with van der Waals surface area (Å²) in [7, 11) is 1.34. The molecule has 1 amide bonds. The number of hydrogen-bond donors (Lipinski definition) is 1. The zero-order valence-electron chi connectivity index (χ0n) is 13.8. The van der Waals surface area contributed by atoms with Gasteiger partial charge in [-0.1, -0.05) is 56.3 Å². The third-order valence-corrected chi connectivity index (χ3v) is 3.67. The van der Waals surface area contributed by atoms with E-state index in [0.29, 0.717) is 12.8 Å². The van der Waals surface area contributed by atoms with Gasteiger partial charge >= 0.3 is 5.97 Å². The first kappa shape index (κ1) is 17.0. The van der Waals surface area contributed by atoms with Crippen molar-refractivity contribution in [2.75, 3.05) is 7.11 Å². The lowest BCUT2D eigenvalue weighted by atomic mass is 10.0. The standard InChI is InChI=1S/C19H23NO3/c1-13(2)10-18(21)20-17(19(22)23-3)12-14-8-9-15-6-4-5-7-16(15)11-14/h4-9,11,13,17H,10,12H2,1-3H3,(H,20,21)/t17-/m0/s1. The van der Waals surface area contributed by atoms with Gasteiger partial charge in [-0.15, -0.1) is 0 Å². The van der Waals surface area contributed by atoms with E-state index in [0.717, 1.165) is 16.3 Å². The molecule has 0 heterocycles. The molecule has 4 heteroatoms. The van der Waals surface area contributed by atoms with Crippen LogP contribution in [0.15, 0.2) is 42.5 Å². The molecule has 2 rings (SSSR count). The Labute approximate surface area is 136 Å². The van der Waals surface area contributed by atoms with Crippen LogP contribution in [0.2, 0.25) is 0 Å². The van der Waals surface area contributed by atoms with E-state index in [1.54, 1.807) is 0 Å². The van der Waals surface area contributed by atoms with Crippen molar-refractivity contribution < 1.29 is 14.3 Å². The van der Waals surface area contributed by atoms with Crippen molar-refractivity contribution in [3.8, 4) is 0 Å². The molecule has 0 aliphatic heterocycles. The van der Waals surface area contributed by atoms with Crippen LogP contribution >= 0.6 is 0 Å². The average Bonchev–Trinajstić information content (AvgIpc) is 2.52. The number of rotatable bonds is 6. The number of carbonyl (C=O) groups excluding carboxylic acids is 2. The van der Waals surface area contributed by atoms with Gasteiger partial charge in [0, 0.05) is 12.8 Å². The third-order valence-electron chi connectivity index (χ3n) is 3.67. The third kappa shape index (κ3) is 4.81. The topological polar surface area (TPSA) is 55.4 Å². The second-order valence-electron chi connectivity index (χ2n) is 6.13. The second kappa shape index (κ2) is 7.77. The van der Waals surface area contributed by atoms with Crippen molar-refractivity contribution in [2.45, 2.75) is 32.7 Å². The first-order chi connectivity index (χ1) is 11.0. The molecule has 0 aliphatic rings. The van der Waals surface area contributed by atoms with Crippen LogP contribution in [0.4, 0.5) is 0 Å². The van der Waals surface area contributed by atoms with Gasteiger partial charge in [0.05, 0.1) is 7.11 Å². The highest BCUT2D eigenvalue weighted by Crippen LogP contribution is 2.17. The highest BCUT2D eigenvalue weighted by Gasteiger charge is 2.22. The number of nitrogens with one attached hydrogen (secondary N) is 1. The van der Waals surface area contributed by atoms with E-state index in [-0.39, 0.29) is 11.8 Å². The molecule has 0 aromatic heterocycles. The second-order valence-corrected chi connectivity index (χ2v) is 6.13. The van der Waals surface area contributed by atoms with Gasteiger partial charge < -0.3 is 10.1 Å². The fourth-order valence-corrected chi connectivity index (χ4v) is 2.56. The van der Waals surface area contributed by atoms with E-state index in [1.165, 1.54) is 7.11 Å². The molecule has 1 atom stereocenters. The minimum Gasteiger partial charge on any atom is -0.467 e. The lowest BCUT2D eigenvalue weighted by Gasteiger charge is -2.17. The Hall–Kier alpha value is -2.36. The summed E-state index contributed by atoms with van der Waals surface area (Å²) in [5.41, 5.74) is 0.990. The Morgan fingerprint density at radius 2 is 1.78 bits per heavy atom. The fraction of sp³-hybridized carbons (Fsp3) is 0.368. The first-order valence-corrected chi connectivity index (χ1v) is 7.84. The molecule has 0 saturated heterocycles. The molecule has 23 heavy (non-hydrogen) atoms. The van der Waals surface area contributed by atoms with E-state index in [4.69, 9.17) is 4.74 Å². The molecule has 2 aromatic carbocycles. The van der Waals surface area contributed by atoms with Crippen molar-refractivity contribution in [3.63, 3.8) is 0 Å². The predicted octanol–water partition coefficient (Wildman–Crippen LogP) is 3.09. The maximum absolute atomic E-state index is 12.0. The summed E-state index contributed by atoms with van der Waals surface area (Å²) in [6.07, 6.45) is 0.812. The monoisotopic (exact) mass is 313 g/mol. The van der Waals surface area contributed by atoms with Gasteiger partial charge in [-0.25, -0.2) is 4.79 Å². The van der Waals surface area contributed by atoms with E-state index in [2.05, 4.69) is 5.32 Å². The number of fused-ring (bicyclic) bond motifs is 1. The van der Waals surface area contributed by atoms with Gasteiger partial charge in [-0.3, -0.25) is 4.79 Å². The number of methoxy groups -OCH3 is 1. The van der Waals surface area contributed by atoms with Gasteiger partial charge in [0.25, 0.3) is 0 Å². The van der Waals surface area contributed by atoms with Crippen LogP contribution < -0.4 is 5.32 Å². The SMILES string of the molecule is COC(=O)[C@H](Cc1ccc2ccccc2c1)NC(=O)CC(C)C. The lowest BCUT2D eigenvalue weighted by Crippen LogP contribution is -2.43. The number of amides is 1. The molecule has 0 radical (unpaired) electrons. The van der Waals surface area contributed by atoms with Gasteiger partial charge in [0.1, 0.15) is 6.04 Å². The Bertz CT molecular complexity index is 694. The number of hydrogen-bond acceptors (Lipinski definition) is 3. The summed E-state index contributed by atoms with van der Waals surface area (Å²) in [6.45, 7) is 3.94. The fourth-order valence-electron chi connectivity index (χ4n) is 2.56. The minimum atomic E-state index is -0.660. The number of esters is 1. The summed E-state index contributed by atoms with van der Waals surface area (Å²) in [4.78, 5) is 23.9. The maximum atomic E-state index is 12.0. The Morgan fingerprint density at radius 1 is 1.09 bits per heavy atom. The number of ether oxygens (including phenoxy) is 1. The summed E-state index contributed by atoms with van der Waals surface area (Å²) >= 11 is 0. The molecule has 122 valence electrons. The minimum absolute atomic E-state index is 0.129.